The predicted molar refractivity (Wildman–Crippen MR) is 180 cm³/mol. The van der Waals surface area contributed by atoms with Gasteiger partial charge in [0.15, 0.2) is 6.54 Å². The monoisotopic (exact) mass is 725 g/mol. The summed E-state index contributed by atoms with van der Waals surface area (Å²) in [5, 5.41) is 0. The van der Waals surface area contributed by atoms with Crippen LogP contribution in [0.3, 0.4) is 0 Å². The Labute approximate surface area is 287 Å². The van der Waals surface area contributed by atoms with Crippen molar-refractivity contribution in [3.8, 4) is 28.7 Å². The van der Waals surface area contributed by atoms with Crippen molar-refractivity contribution in [3.05, 3.63) is 64.6 Å². The van der Waals surface area contributed by atoms with Crippen LogP contribution in [0.1, 0.15) is 11.1 Å². The van der Waals surface area contributed by atoms with Gasteiger partial charge in [-0.15, -0.1) is 0 Å². The zero-order chi connectivity index (χ0) is 36.7. The van der Waals surface area contributed by atoms with Crippen molar-refractivity contribution in [1.29, 1.82) is 0 Å². The third-order valence-electron chi connectivity index (χ3n) is 7.68. The van der Waals surface area contributed by atoms with Crippen LogP contribution in [-0.2, 0) is 29.7 Å². The number of methoxy groups -OCH3 is 7. The number of rotatable bonds is 16. The van der Waals surface area contributed by atoms with Gasteiger partial charge in [0.1, 0.15) is 57.4 Å². The van der Waals surface area contributed by atoms with Gasteiger partial charge in [0.05, 0.1) is 100 Å². The molecule has 1 aliphatic rings. The van der Waals surface area contributed by atoms with E-state index in [0.717, 1.165) is 0 Å². The fraction of sp³-hybridized carbons (Fsp3) is 0.406. The van der Waals surface area contributed by atoms with Crippen molar-refractivity contribution in [3.63, 3.8) is 0 Å². The Morgan fingerprint density at radius 1 is 0.673 bits per heavy atom. The van der Waals surface area contributed by atoms with Gasteiger partial charge in [0.25, 0.3) is 0 Å². The highest BCUT2D eigenvalue weighted by molar-refractivity contribution is 7.85. The molecule has 0 bridgehead atoms. The molecular weight excluding hydrogens is 684 g/mol. The molecule has 0 radical (unpaired) electrons. The average molecular weight is 726 g/mol. The van der Waals surface area contributed by atoms with Crippen LogP contribution in [-0.4, -0.2) is 125 Å². The van der Waals surface area contributed by atoms with Gasteiger partial charge in [-0.1, -0.05) is 0 Å². The first-order valence-electron chi connectivity index (χ1n) is 14.6. The molecule has 2 aromatic rings. The van der Waals surface area contributed by atoms with Crippen LogP contribution in [0.25, 0.3) is 5.57 Å². The fourth-order valence-corrected chi connectivity index (χ4v) is 6.11. The predicted octanol–water partition coefficient (Wildman–Crippen LogP) is 2.22. The molecule has 49 heavy (non-hydrogen) atoms. The molecule has 3 rings (SSSR count). The van der Waals surface area contributed by atoms with Gasteiger partial charge in [-0.05, 0) is 0 Å². The minimum Gasteiger partial charge on any atom is -0.748 e. The van der Waals surface area contributed by atoms with E-state index < -0.39 is 31.7 Å². The van der Waals surface area contributed by atoms with Gasteiger partial charge >= 0.3 is 0 Å². The molecule has 0 aromatic heterocycles. The number of allylic oxidation sites excluding steroid dienone is 2. The standard InChI is InChI=1S/C32H42N2O13S2/c1-33(10-12-48(35,36)37)20-14-23(42-4)29(24(15-20)43-5)32(31-27(46-8)18-22(41-3)19-28(31)47-9)30-25(44-6)16-21(17-26(30)45-7)34(2)11-13-49(38,39)40/h14-19H,10-13H2,1-9H3,(H-,35,36,37,38,39,40)/p-1. The summed E-state index contributed by atoms with van der Waals surface area (Å²) in [4.78, 5) is 1.58. The second-order valence-electron chi connectivity index (χ2n) is 10.6. The van der Waals surface area contributed by atoms with E-state index in [4.69, 9.17) is 33.2 Å². The fourth-order valence-electron chi connectivity index (χ4n) is 5.11. The molecule has 2 aromatic carbocycles. The highest BCUT2D eigenvalue weighted by Gasteiger charge is 2.34. The van der Waals surface area contributed by atoms with Crippen LogP contribution in [0.2, 0.25) is 0 Å². The van der Waals surface area contributed by atoms with E-state index in [1.807, 2.05) is 0 Å². The lowest BCUT2D eigenvalue weighted by atomic mass is 9.86. The summed E-state index contributed by atoms with van der Waals surface area (Å²) in [6, 6.07) is 6.63. The summed E-state index contributed by atoms with van der Waals surface area (Å²) >= 11 is 0. The second kappa shape index (κ2) is 16.3. The summed E-state index contributed by atoms with van der Waals surface area (Å²) in [6.07, 6.45) is 3.31. The molecule has 0 heterocycles. The molecule has 1 aliphatic carbocycles. The highest BCUT2D eigenvalue weighted by atomic mass is 32.2. The smallest absolute Gasteiger partial charge is 0.207 e. The number of hydrogen-bond donors (Lipinski definition) is 0. The lowest BCUT2D eigenvalue weighted by Crippen LogP contribution is -2.25. The Bertz CT molecular complexity index is 1820. The Morgan fingerprint density at radius 3 is 1.47 bits per heavy atom. The SMILES string of the molecule is COC1=CC(=[N+](C)CCS(=O)(=O)[O-])C=C(OC)C1=C(c1c(OC)cc(OC)cc1OC)c1c(OC)cc(N(C)CCS(=O)(=O)[O-])cc1OC. The maximum absolute atomic E-state index is 11.4. The normalized spacial score (nSPS) is 13.2. The second-order valence-corrected chi connectivity index (χ2v) is 13.6. The highest BCUT2D eigenvalue weighted by Crippen LogP contribution is 2.51. The first-order chi connectivity index (χ1) is 23.1. The van der Waals surface area contributed by atoms with E-state index in [9.17, 15) is 25.9 Å². The average Bonchev–Trinajstić information content (AvgIpc) is 3.08. The summed E-state index contributed by atoms with van der Waals surface area (Å²) < 4.78 is 111. The molecule has 0 N–H and O–H groups in total. The van der Waals surface area contributed by atoms with Crippen molar-refractivity contribution in [2.75, 3.05) is 93.4 Å². The lowest BCUT2D eigenvalue weighted by Gasteiger charge is -2.28. The van der Waals surface area contributed by atoms with Gasteiger partial charge in [-0.3, -0.25) is 0 Å². The van der Waals surface area contributed by atoms with Crippen molar-refractivity contribution >= 4 is 37.2 Å². The molecule has 0 spiro atoms. The lowest BCUT2D eigenvalue weighted by molar-refractivity contribution is -0.490. The van der Waals surface area contributed by atoms with E-state index in [1.54, 1.807) is 60.0 Å². The van der Waals surface area contributed by atoms with Gasteiger partial charge < -0.3 is 47.2 Å². The number of anilines is 1. The first kappa shape index (κ1) is 39.0. The Morgan fingerprint density at radius 2 is 1.10 bits per heavy atom. The quantitative estimate of drug-likeness (QED) is 0.181. The summed E-state index contributed by atoms with van der Waals surface area (Å²) in [6.45, 7) is -0.198. The zero-order valence-electron chi connectivity index (χ0n) is 28.8. The molecule has 0 aliphatic heterocycles. The minimum absolute atomic E-state index is 0.0988. The summed E-state index contributed by atoms with van der Waals surface area (Å²) in [5.74, 6) is 0.919. The van der Waals surface area contributed by atoms with Crippen LogP contribution in [0.5, 0.6) is 28.7 Å². The van der Waals surface area contributed by atoms with Crippen molar-refractivity contribution < 1.29 is 63.7 Å². The summed E-state index contributed by atoms with van der Waals surface area (Å²) in [5.41, 5.74) is 2.55. The van der Waals surface area contributed by atoms with Crippen molar-refractivity contribution in [2.24, 2.45) is 0 Å². The van der Waals surface area contributed by atoms with Crippen molar-refractivity contribution in [2.45, 2.75) is 0 Å². The Balaban J connectivity index is 2.56. The van der Waals surface area contributed by atoms with E-state index in [0.29, 0.717) is 50.9 Å². The number of ether oxygens (including phenoxy) is 7. The van der Waals surface area contributed by atoms with Crippen LogP contribution < -0.4 is 28.6 Å². The third kappa shape index (κ3) is 9.38. The molecule has 0 unspecified atom stereocenters. The molecule has 0 atom stereocenters. The van der Waals surface area contributed by atoms with Crippen LogP contribution in [0, 0.1) is 0 Å². The Kier molecular flexibility index (Phi) is 13.0. The molecule has 0 fully saturated rings. The van der Waals surface area contributed by atoms with Gasteiger partial charge in [0.2, 0.25) is 5.71 Å². The van der Waals surface area contributed by atoms with Gasteiger partial charge in [-0.25, -0.2) is 21.4 Å². The maximum Gasteiger partial charge on any atom is 0.207 e. The Hall–Kier alpha value is -4.45. The summed E-state index contributed by atoms with van der Waals surface area (Å²) in [7, 11) is 4.51. The molecule has 17 heteroatoms. The molecule has 0 saturated carbocycles. The van der Waals surface area contributed by atoms with Crippen LogP contribution >= 0.6 is 0 Å². The topological polar surface area (TPSA) is 185 Å². The van der Waals surface area contributed by atoms with Gasteiger partial charge in [0, 0.05) is 49.1 Å². The maximum atomic E-state index is 11.4. The zero-order valence-corrected chi connectivity index (χ0v) is 30.4. The number of nitrogens with zero attached hydrogens (tertiary/aromatic N) is 2. The molecule has 15 nitrogen and oxygen atoms in total. The first-order valence-corrected chi connectivity index (χ1v) is 17.7. The van der Waals surface area contributed by atoms with E-state index >= 15 is 0 Å². The van der Waals surface area contributed by atoms with Crippen molar-refractivity contribution in [1.82, 2.24) is 0 Å². The van der Waals surface area contributed by atoms with Crippen LogP contribution in [0.15, 0.2) is 53.5 Å². The molecule has 270 valence electrons. The van der Waals surface area contributed by atoms with Crippen LogP contribution in [0.4, 0.5) is 5.69 Å². The third-order valence-corrected chi connectivity index (χ3v) is 9.05. The van der Waals surface area contributed by atoms with E-state index in [1.165, 1.54) is 49.8 Å². The largest absolute Gasteiger partial charge is 0.748 e. The van der Waals surface area contributed by atoms with E-state index in [2.05, 4.69) is 0 Å². The number of hydrogen-bond acceptors (Lipinski definition) is 14. The molecule has 0 saturated heterocycles. The molecule has 0 amide bonds. The van der Waals surface area contributed by atoms with E-state index in [-0.39, 0.29) is 36.1 Å². The van der Waals surface area contributed by atoms with Gasteiger partial charge in [-0.2, -0.15) is 0 Å². The molecular formula is C32H41N2O13S2-. The minimum atomic E-state index is -4.48. The number of benzene rings is 2.